The van der Waals surface area contributed by atoms with Gasteiger partial charge >= 0.3 is 0 Å². The molecule has 0 unspecified atom stereocenters. The third-order valence-corrected chi connectivity index (χ3v) is 8.93. The number of hydrogen-bond donors (Lipinski definition) is 1. The zero-order valence-corrected chi connectivity index (χ0v) is 23.8. The van der Waals surface area contributed by atoms with Crippen molar-refractivity contribution >= 4 is 29.2 Å². The largest absolute Gasteiger partial charge is 0.497 e. The summed E-state index contributed by atoms with van der Waals surface area (Å²) in [6, 6.07) is 27.7. The van der Waals surface area contributed by atoms with E-state index in [1.807, 2.05) is 78.7 Å². The number of carbonyl (C=O) groups excluding carboxylic acids is 3. The predicted molar refractivity (Wildman–Crippen MR) is 163 cm³/mol. The summed E-state index contributed by atoms with van der Waals surface area (Å²) in [7, 11) is 1.55. The molecule has 0 aliphatic carbocycles. The van der Waals surface area contributed by atoms with Crippen LogP contribution in [0.25, 0.3) is 6.08 Å². The number of methoxy groups -OCH3 is 1. The molecule has 1 spiro atoms. The number of amides is 1. The number of benzene rings is 4. The number of carbonyl (C=O) groups is 3. The van der Waals surface area contributed by atoms with Gasteiger partial charge in [0.15, 0.2) is 11.6 Å². The van der Waals surface area contributed by atoms with E-state index in [-0.39, 0.29) is 17.5 Å². The van der Waals surface area contributed by atoms with Gasteiger partial charge in [0.05, 0.1) is 31.2 Å². The fourth-order valence-corrected chi connectivity index (χ4v) is 7.23. The van der Waals surface area contributed by atoms with Gasteiger partial charge in [-0.1, -0.05) is 66.7 Å². The Hall–Kier alpha value is -5.17. The number of ether oxygens (including phenoxy) is 2. The van der Waals surface area contributed by atoms with Crippen molar-refractivity contribution < 1.29 is 23.9 Å². The first-order chi connectivity index (χ1) is 21.0. The van der Waals surface area contributed by atoms with Crippen LogP contribution in [0.5, 0.6) is 11.5 Å². The van der Waals surface area contributed by atoms with Crippen LogP contribution in [0.15, 0.2) is 103 Å². The van der Waals surface area contributed by atoms with E-state index in [4.69, 9.17) is 9.47 Å². The number of anilines is 1. The van der Waals surface area contributed by atoms with Crippen molar-refractivity contribution in [2.75, 3.05) is 19.0 Å². The Labute approximate surface area is 249 Å². The highest BCUT2D eigenvalue weighted by Crippen LogP contribution is 2.62. The van der Waals surface area contributed by atoms with Crippen LogP contribution < -0.4 is 14.8 Å². The molecule has 0 radical (unpaired) electrons. The molecule has 0 aromatic heterocycles. The average molecular weight is 571 g/mol. The van der Waals surface area contributed by atoms with E-state index >= 15 is 4.79 Å². The normalized spacial score (nSPS) is 22.9. The molecule has 43 heavy (non-hydrogen) atoms. The van der Waals surface area contributed by atoms with Crippen molar-refractivity contribution in [1.29, 1.82) is 0 Å². The lowest BCUT2D eigenvalue weighted by Crippen LogP contribution is -2.49. The minimum atomic E-state index is -1.41. The van der Waals surface area contributed by atoms with Crippen molar-refractivity contribution in [3.05, 3.63) is 131 Å². The summed E-state index contributed by atoms with van der Waals surface area (Å²) in [6.45, 7) is 2.22. The van der Waals surface area contributed by atoms with Crippen LogP contribution in [0.1, 0.15) is 50.4 Å². The second-order valence-corrected chi connectivity index (χ2v) is 11.0. The van der Waals surface area contributed by atoms with Crippen molar-refractivity contribution in [2.45, 2.75) is 24.4 Å². The lowest BCUT2D eigenvalue weighted by molar-refractivity contribution is -0.122. The molecule has 3 aliphatic rings. The molecule has 4 aromatic carbocycles. The minimum Gasteiger partial charge on any atom is -0.497 e. The van der Waals surface area contributed by atoms with Crippen LogP contribution in [-0.2, 0) is 10.2 Å². The molecule has 0 saturated carbocycles. The molecule has 4 aromatic rings. The highest BCUT2D eigenvalue weighted by molar-refractivity contribution is 6.17. The van der Waals surface area contributed by atoms with Gasteiger partial charge in [0, 0.05) is 17.5 Å². The molecule has 1 amide bonds. The topological polar surface area (TPSA) is 84.9 Å². The summed E-state index contributed by atoms with van der Waals surface area (Å²) < 4.78 is 11.3. The number of Topliss-reactive ketones (excluding diaryl/α,β-unsaturated/α-hetero) is 2. The van der Waals surface area contributed by atoms with Gasteiger partial charge in [-0.2, -0.15) is 0 Å². The molecule has 4 atom stereocenters. The maximum atomic E-state index is 15.1. The van der Waals surface area contributed by atoms with Gasteiger partial charge in [0.25, 0.3) is 0 Å². The summed E-state index contributed by atoms with van der Waals surface area (Å²) in [5.41, 5.74) is 2.50. The van der Waals surface area contributed by atoms with Gasteiger partial charge in [0.2, 0.25) is 5.91 Å². The molecular formula is C36H30N2O5. The lowest BCUT2D eigenvalue weighted by atomic mass is 9.62. The quantitative estimate of drug-likeness (QED) is 0.271. The Morgan fingerprint density at radius 3 is 2.51 bits per heavy atom. The SMILES string of the molecule is CCOc1ccccc1C(=O)[C@@H]1[C@H](C(=O)c2cccc(OC)c2)N2C=Cc3ccccc3[C@H]2[C@]12C(=O)Nc1ccccc12. The first-order valence-corrected chi connectivity index (χ1v) is 14.4. The molecule has 1 saturated heterocycles. The lowest BCUT2D eigenvalue weighted by Gasteiger charge is -2.38. The summed E-state index contributed by atoms with van der Waals surface area (Å²) in [5, 5.41) is 3.08. The summed E-state index contributed by atoms with van der Waals surface area (Å²) in [4.78, 5) is 46.4. The van der Waals surface area contributed by atoms with Crippen LogP contribution in [0.3, 0.4) is 0 Å². The molecule has 1 fully saturated rings. The molecule has 3 aliphatic heterocycles. The van der Waals surface area contributed by atoms with E-state index in [1.165, 1.54) is 0 Å². The summed E-state index contributed by atoms with van der Waals surface area (Å²) in [6.07, 6.45) is 3.82. The first kappa shape index (κ1) is 26.7. The monoisotopic (exact) mass is 570 g/mol. The van der Waals surface area contributed by atoms with Crippen LogP contribution in [0.2, 0.25) is 0 Å². The molecule has 7 nitrogen and oxygen atoms in total. The zero-order chi connectivity index (χ0) is 29.7. The number of fused-ring (bicyclic) bond motifs is 6. The Balaban J connectivity index is 1.54. The van der Waals surface area contributed by atoms with Gasteiger partial charge in [0.1, 0.15) is 23.0 Å². The molecule has 214 valence electrons. The fourth-order valence-electron chi connectivity index (χ4n) is 7.23. The van der Waals surface area contributed by atoms with Crippen molar-refractivity contribution in [3.63, 3.8) is 0 Å². The van der Waals surface area contributed by atoms with Gasteiger partial charge in [-0.25, -0.2) is 0 Å². The molecule has 7 rings (SSSR count). The number of rotatable bonds is 7. The van der Waals surface area contributed by atoms with E-state index < -0.39 is 23.4 Å². The van der Waals surface area contributed by atoms with Crippen LogP contribution >= 0.6 is 0 Å². The average Bonchev–Trinajstić information content (AvgIpc) is 3.53. The first-order valence-electron chi connectivity index (χ1n) is 14.4. The molecule has 1 N–H and O–H groups in total. The highest BCUT2D eigenvalue weighted by atomic mass is 16.5. The maximum absolute atomic E-state index is 15.1. The van der Waals surface area contributed by atoms with E-state index in [0.717, 1.165) is 11.1 Å². The molecular weight excluding hydrogens is 540 g/mol. The Bertz CT molecular complexity index is 1810. The number of nitrogens with zero attached hydrogens (tertiary/aromatic N) is 1. The number of ketones is 2. The standard InChI is InChI=1S/C36H30N2O5/c1-3-43-29-18-9-6-15-26(29)33(40)30-31(32(39)23-12-10-13-24(21-23)42-2)38-20-19-22-11-4-5-14-25(22)34(38)36(30)27-16-7-8-17-28(27)37-35(36)41/h4-21,30-31,34H,3H2,1-2H3,(H,37,41)/t30-,31+,34-,36+/m0/s1. The van der Waals surface area contributed by atoms with E-state index in [2.05, 4.69) is 5.32 Å². The van der Waals surface area contributed by atoms with Crippen molar-refractivity contribution in [1.82, 2.24) is 4.90 Å². The van der Waals surface area contributed by atoms with Crippen LogP contribution in [0.4, 0.5) is 5.69 Å². The van der Waals surface area contributed by atoms with Gasteiger partial charge in [-0.15, -0.1) is 0 Å². The van der Waals surface area contributed by atoms with E-state index in [9.17, 15) is 9.59 Å². The van der Waals surface area contributed by atoms with E-state index in [1.54, 1.807) is 49.6 Å². The van der Waals surface area contributed by atoms with Crippen LogP contribution in [-0.4, -0.2) is 42.1 Å². The predicted octanol–water partition coefficient (Wildman–Crippen LogP) is 6.08. The van der Waals surface area contributed by atoms with Gasteiger partial charge in [-0.05, 0) is 60.0 Å². The second-order valence-electron chi connectivity index (χ2n) is 11.0. The Morgan fingerprint density at radius 1 is 0.907 bits per heavy atom. The third-order valence-electron chi connectivity index (χ3n) is 8.93. The zero-order valence-electron chi connectivity index (χ0n) is 23.8. The minimum absolute atomic E-state index is 0.269. The summed E-state index contributed by atoms with van der Waals surface area (Å²) >= 11 is 0. The summed E-state index contributed by atoms with van der Waals surface area (Å²) in [5.74, 6) is -1.03. The second kappa shape index (κ2) is 10.3. The van der Waals surface area contributed by atoms with Crippen LogP contribution in [0, 0.1) is 5.92 Å². The van der Waals surface area contributed by atoms with Crippen molar-refractivity contribution in [3.8, 4) is 11.5 Å². The van der Waals surface area contributed by atoms with Gasteiger partial charge < -0.3 is 19.7 Å². The fraction of sp³-hybridized carbons (Fsp3) is 0.194. The molecule has 3 heterocycles. The number of para-hydroxylation sites is 2. The molecule has 7 heteroatoms. The third kappa shape index (κ3) is 3.84. The highest BCUT2D eigenvalue weighted by Gasteiger charge is 2.70. The molecule has 0 bridgehead atoms. The Kier molecular flexibility index (Phi) is 6.38. The smallest absolute Gasteiger partial charge is 0.238 e. The maximum Gasteiger partial charge on any atom is 0.238 e. The van der Waals surface area contributed by atoms with Gasteiger partial charge in [-0.3, -0.25) is 14.4 Å². The number of nitrogens with one attached hydrogen (secondary N) is 1. The number of hydrogen-bond acceptors (Lipinski definition) is 6. The Morgan fingerprint density at radius 2 is 1.67 bits per heavy atom. The van der Waals surface area contributed by atoms with E-state index in [0.29, 0.717) is 40.5 Å². The van der Waals surface area contributed by atoms with Crippen molar-refractivity contribution in [2.24, 2.45) is 5.92 Å².